The lowest BCUT2D eigenvalue weighted by Gasteiger charge is -2.08. The number of aliphatic hydroxyl groups excluding tert-OH is 1. The number of imidazole rings is 1. The van der Waals surface area contributed by atoms with Crippen LogP contribution in [0.2, 0.25) is 0 Å². The second kappa shape index (κ2) is 5.49. The van der Waals surface area contributed by atoms with E-state index in [1.54, 1.807) is 12.1 Å². The summed E-state index contributed by atoms with van der Waals surface area (Å²) in [5, 5.41) is 22.3. The fourth-order valence-electron chi connectivity index (χ4n) is 1.76. The normalized spacial score (nSPS) is 10.3. The van der Waals surface area contributed by atoms with E-state index in [0.717, 1.165) is 0 Å². The predicted octanol–water partition coefficient (Wildman–Crippen LogP) is 0.632. The van der Waals surface area contributed by atoms with Gasteiger partial charge in [0.05, 0.1) is 6.61 Å². The van der Waals surface area contributed by atoms with Crippen molar-refractivity contribution < 1.29 is 14.8 Å². The van der Waals surface area contributed by atoms with E-state index in [4.69, 9.17) is 0 Å². The summed E-state index contributed by atoms with van der Waals surface area (Å²) in [5.74, 6) is -0.622. The van der Waals surface area contributed by atoms with Crippen molar-refractivity contribution in [3.8, 4) is 5.69 Å². The van der Waals surface area contributed by atoms with E-state index >= 15 is 0 Å². The SMILES string of the molecule is CNC(=O)c1cc(-n2cnc([N+](=O)[O-])c2)ccc1CO. The number of nitrogens with one attached hydrogen (secondary N) is 1. The van der Waals surface area contributed by atoms with Gasteiger partial charge in [-0.25, -0.2) is 0 Å². The first-order valence-electron chi connectivity index (χ1n) is 5.71. The molecule has 2 aromatic rings. The number of carbonyl (C=O) groups excluding carboxylic acids is 1. The molecular formula is C12H12N4O4. The lowest BCUT2D eigenvalue weighted by molar-refractivity contribution is -0.389. The third-order valence-corrected chi connectivity index (χ3v) is 2.79. The maximum Gasteiger partial charge on any atom is 0.381 e. The molecule has 1 amide bonds. The highest BCUT2D eigenvalue weighted by Gasteiger charge is 2.14. The van der Waals surface area contributed by atoms with Crippen molar-refractivity contribution >= 4 is 11.7 Å². The van der Waals surface area contributed by atoms with Crippen LogP contribution in [0.1, 0.15) is 15.9 Å². The average Bonchev–Trinajstić information content (AvgIpc) is 2.95. The first-order valence-corrected chi connectivity index (χ1v) is 5.71. The summed E-state index contributed by atoms with van der Waals surface area (Å²) in [4.78, 5) is 25.4. The minimum Gasteiger partial charge on any atom is -0.392 e. The van der Waals surface area contributed by atoms with Crippen LogP contribution in [-0.4, -0.2) is 32.5 Å². The molecule has 0 radical (unpaired) electrons. The zero-order chi connectivity index (χ0) is 14.7. The van der Waals surface area contributed by atoms with Crippen molar-refractivity contribution in [1.82, 2.24) is 14.9 Å². The fraction of sp³-hybridized carbons (Fsp3) is 0.167. The Balaban J connectivity index is 2.46. The summed E-state index contributed by atoms with van der Waals surface area (Å²) in [5.41, 5.74) is 1.33. The van der Waals surface area contributed by atoms with E-state index in [1.165, 1.54) is 30.2 Å². The van der Waals surface area contributed by atoms with Crippen molar-refractivity contribution in [2.75, 3.05) is 7.05 Å². The number of nitro groups is 1. The number of carbonyl (C=O) groups is 1. The summed E-state index contributed by atoms with van der Waals surface area (Å²) in [7, 11) is 1.48. The van der Waals surface area contributed by atoms with E-state index in [9.17, 15) is 20.0 Å². The smallest absolute Gasteiger partial charge is 0.381 e. The topological polar surface area (TPSA) is 110 Å². The molecule has 1 aromatic heterocycles. The molecule has 0 spiro atoms. The van der Waals surface area contributed by atoms with Crippen LogP contribution in [-0.2, 0) is 6.61 Å². The van der Waals surface area contributed by atoms with Crippen molar-refractivity contribution in [2.24, 2.45) is 0 Å². The first kappa shape index (κ1) is 13.7. The van der Waals surface area contributed by atoms with E-state index < -0.39 is 4.92 Å². The second-order valence-electron chi connectivity index (χ2n) is 3.97. The third kappa shape index (κ3) is 2.50. The Morgan fingerprint density at radius 2 is 2.30 bits per heavy atom. The molecule has 0 aliphatic carbocycles. The van der Waals surface area contributed by atoms with E-state index in [-0.39, 0.29) is 18.3 Å². The highest BCUT2D eigenvalue weighted by molar-refractivity contribution is 5.96. The molecule has 8 nitrogen and oxygen atoms in total. The van der Waals surface area contributed by atoms with Gasteiger partial charge in [0.15, 0.2) is 0 Å². The van der Waals surface area contributed by atoms with Gasteiger partial charge >= 0.3 is 5.82 Å². The Labute approximate surface area is 113 Å². The highest BCUT2D eigenvalue weighted by atomic mass is 16.6. The molecule has 0 aliphatic rings. The summed E-state index contributed by atoms with van der Waals surface area (Å²) < 4.78 is 1.44. The molecule has 8 heteroatoms. The number of hydrogen-bond donors (Lipinski definition) is 2. The van der Waals surface area contributed by atoms with Crippen molar-refractivity contribution in [2.45, 2.75) is 6.61 Å². The Kier molecular flexibility index (Phi) is 3.76. The minimum absolute atomic E-state index is 0.271. The number of nitrogens with zero attached hydrogens (tertiary/aromatic N) is 3. The van der Waals surface area contributed by atoms with Crippen LogP contribution in [0.15, 0.2) is 30.7 Å². The molecule has 0 saturated carbocycles. The summed E-state index contributed by atoms with van der Waals surface area (Å²) >= 11 is 0. The molecule has 0 fully saturated rings. The van der Waals surface area contributed by atoms with Gasteiger partial charge in [-0.2, -0.15) is 0 Å². The number of benzene rings is 1. The number of amides is 1. The Morgan fingerprint density at radius 3 is 2.85 bits per heavy atom. The van der Waals surface area contributed by atoms with Gasteiger partial charge in [-0.05, 0) is 27.6 Å². The van der Waals surface area contributed by atoms with Gasteiger partial charge in [-0.15, -0.1) is 0 Å². The molecule has 0 atom stereocenters. The zero-order valence-corrected chi connectivity index (χ0v) is 10.6. The Bertz CT molecular complexity index is 665. The van der Waals surface area contributed by atoms with Gasteiger partial charge in [-0.1, -0.05) is 6.07 Å². The molecule has 0 saturated heterocycles. The van der Waals surface area contributed by atoms with Gasteiger partial charge in [-0.3, -0.25) is 9.36 Å². The molecule has 0 aliphatic heterocycles. The van der Waals surface area contributed by atoms with Crippen LogP contribution in [0.3, 0.4) is 0 Å². The molecule has 1 aromatic carbocycles. The maximum atomic E-state index is 11.7. The van der Waals surface area contributed by atoms with Crippen LogP contribution in [0, 0.1) is 10.1 Å². The third-order valence-electron chi connectivity index (χ3n) is 2.79. The number of aromatic nitrogens is 2. The predicted molar refractivity (Wildman–Crippen MR) is 69.5 cm³/mol. The summed E-state index contributed by atoms with van der Waals surface area (Å²) in [6.45, 7) is -0.271. The Hall–Kier alpha value is -2.74. The summed E-state index contributed by atoms with van der Waals surface area (Å²) in [6, 6.07) is 4.77. The van der Waals surface area contributed by atoms with Crippen molar-refractivity contribution in [1.29, 1.82) is 0 Å². The fourth-order valence-corrected chi connectivity index (χ4v) is 1.76. The second-order valence-corrected chi connectivity index (χ2v) is 3.97. The van der Waals surface area contributed by atoms with Crippen LogP contribution >= 0.6 is 0 Å². The highest BCUT2D eigenvalue weighted by Crippen LogP contribution is 2.18. The monoisotopic (exact) mass is 276 g/mol. The molecule has 1 heterocycles. The summed E-state index contributed by atoms with van der Waals surface area (Å²) in [6.07, 6.45) is 2.54. The largest absolute Gasteiger partial charge is 0.392 e. The van der Waals surface area contributed by atoms with Gasteiger partial charge in [0.1, 0.15) is 6.20 Å². The van der Waals surface area contributed by atoms with Crippen molar-refractivity contribution in [3.63, 3.8) is 0 Å². The minimum atomic E-state index is -0.599. The molecule has 2 N–H and O–H groups in total. The van der Waals surface area contributed by atoms with E-state index in [0.29, 0.717) is 16.8 Å². The zero-order valence-electron chi connectivity index (χ0n) is 10.6. The maximum absolute atomic E-state index is 11.7. The molecule has 20 heavy (non-hydrogen) atoms. The molecular weight excluding hydrogens is 264 g/mol. The lowest BCUT2D eigenvalue weighted by atomic mass is 10.1. The van der Waals surface area contributed by atoms with Gasteiger partial charge in [0.2, 0.25) is 6.33 Å². The van der Waals surface area contributed by atoms with Gasteiger partial charge in [0, 0.05) is 18.3 Å². The molecule has 0 bridgehead atoms. The number of hydrogen-bond acceptors (Lipinski definition) is 5. The van der Waals surface area contributed by atoms with E-state index in [1.807, 2.05) is 0 Å². The van der Waals surface area contributed by atoms with Gasteiger partial charge < -0.3 is 20.5 Å². The van der Waals surface area contributed by atoms with Crippen LogP contribution in [0.5, 0.6) is 0 Å². The van der Waals surface area contributed by atoms with Crippen LogP contribution in [0.25, 0.3) is 5.69 Å². The number of aliphatic hydroxyl groups is 1. The molecule has 2 rings (SSSR count). The van der Waals surface area contributed by atoms with Crippen LogP contribution < -0.4 is 5.32 Å². The van der Waals surface area contributed by atoms with Crippen molar-refractivity contribution in [3.05, 3.63) is 52.0 Å². The Morgan fingerprint density at radius 1 is 1.55 bits per heavy atom. The number of rotatable bonds is 4. The average molecular weight is 276 g/mol. The first-order chi connectivity index (χ1) is 9.56. The molecule has 104 valence electrons. The van der Waals surface area contributed by atoms with Crippen LogP contribution in [0.4, 0.5) is 5.82 Å². The quantitative estimate of drug-likeness (QED) is 0.628. The van der Waals surface area contributed by atoms with Gasteiger partial charge in [0.25, 0.3) is 5.91 Å². The standard InChI is InChI=1S/C12H12N4O4/c1-13-12(18)10-4-9(3-2-8(10)6-17)15-5-11(14-7-15)16(19)20/h2-5,7,17H,6H2,1H3,(H,13,18). The van der Waals surface area contributed by atoms with E-state index in [2.05, 4.69) is 10.3 Å². The molecule has 0 unspecified atom stereocenters. The lowest BCUT2D eigenvalue weighted by Crippen LogP contribution is -2.20.